The lowest BCUT2D eigenvalue weighted by Gasteiger charge is -2.26. The summed E-state index contributed by atoms with van der Waals surface area (Å²) in [6, 6.07) is 19.5. The van der Waals surface area contributed by atoms with Gasteiger partial charge in [-0.25, -0.2) is 0 Å². The molecule has 0 saturated carbocycles. The van der Waals surface area contributed by atoms with Crippen LogP contribution in [0, 0.1) is 0 Å². The van der Waals surface area contributed by atoms with Crippen LogP contribution in [-0.4, -0.2) is 28.2 Å². The highest BCUT2D eigenvalue weighted by Gasteiger charge is 2.40. The Bertz CT molecular complexity index is 1050. The highest BCUT2D eigenvalue weighted by Crippen LogP contribution is 2.34. The first-order chi connectivity index (χ1) is 14.5. The van der Waals surface area contributed by atoms with Crippen molar-refractivity contribution in [3.63, 3.8) is 0 Å². The van der Waals surface area contributed by atoms with Gasteiger partial charge in [0.25, 0.3) is 5.91 Å². The van der Waals surface area contributed by atoms with Crippen LogP contribution >= 0.6 is 11.6 Å². The van der Waals surface area contributed by atoms with Gasteiger partial charge in [0.05, 0.1) is 6.04 Å². The quantitative estimate of drug-likeness (QED) is 0.646. The van der Waals surface area contributed by atoms with Crippen LogP contribution in [-0.2, 0) is 11.2 Å². The summed E-state index contributed by atoms with van der Waals surface area (Å²) >= 11 is 5.97. The van der Waals surface area contributed by atoms with Gasteiger partial charge < -0.3 is 10.2 Å². The smallest absolute Gasteiger partial charge is 0.255 e. The van der Waals surface area contributed by atoms with Crippen molar-refractivity contribution in [1.82, 2.24) is 15.2 Å². The van der Waals surface area contributed by atoms with Gasteiger partial charge in [-0.15, -0.1) is 0 Å². The van der Waals surface area contributed by atoms with Crippen molar-refractivity contribution >= 4 is 23.4 Å². The Labute approximate surface area is 180 Å². The average molecular weight is 420 g/mol. The van der Waals surface area contributed by atoms with Crippen molar-refractivity contribution in [2.45, 2.75) is 25.4 Å². The van der Waals surface area contributed by atoms with Crippen LogP contribution in [0.25, 0.3) is 0 Å². The molecule has 0 radical (unpaired) electrons. The third-order valence-corrected chi connectivity index (χ3v) is 5.62. The Kier molecular flexibility index (Phi) is 5.81. The SMILES string of the molecule is CC(NC(=O)C1c2ccccc2C(=O)N1CCc1ccccn1)c1ccc(Cl)cc1. The fourth-order valence-corrected chi connectivity index (χ4v) is 3.92. The predicted molar refractivity (Wildman–Crippen MR) is 116 cm³/mol. The molecule has 30 heavy (non-hydrogen) atoms. The summed E-state index contributed by atoms with van der Waals surface area (Å²) in [5.41, 5.74) is 3.16. The van der Waals surface area contributed by atoms with E-state index in [0.717, 1.165) is 16.8 Å². The molecule has 0 bridgehead atoms. The number of rotatable bonds is 6. The molecular weight excluding hydrogens is 398 g/mol. The number of nitrogens with one attached hydrogen (secondary N) is 1. The number of halogens is 1. The number of aromatic nitrogens is 1. The van der Waals surface area contributed by atoms with Gasteiger partial charge in [-0.1, -0.05) is 48.0 Å². The Morgan fingerprint density at radius 1 is 1.10 bits per heavy atom. The molecule has 3 aromatic rings. The fraction of sp³-hybridized carbons (Fsp3) is 0.208. The van der Waals surface area contributed by atoms with Crippen LogP contribution < -0.4 is 5.32 Å². The maximum atomic E-state index is 13.3. The van der Waals surface area contributed by atoms with Crippen molar-refractivity contribution in [3.8, 4) is 0 Å². The Hall–Kier alpha value is -3.18. The van der Waals surface area contributed by atoms with Crippen LogP contribution in [0.4, 0.5) is 0 Å². The normalized spacial score (nSPS) is 16.3. The lowest BCUT2D eigenvalue weighted by molar-refractivity contribution is -0.126. The fourth-order valence-electron chi connectivity index (χ4n) is 3.79. The molecule has 0 aliphatic carbocycles. The van der Waals surface area contributed by atoms with Crippen LogP contribution in [0.1, 0.15) is 46.2 Å². The molecule has 5 nitrogen and oxygen atoms in total. The molecule has 2 unspecified atom stereocenters. The van der Waals surface area contributed by atoms with Gasteiger partial charge in [0.15, 0.2) is 0 Å². The summed E-state index contributed by atoms with van der Waals surface area (Å²) in [5, 5.41) is 3.70. The minimum absolute atomic E-state index is 0.124. The first-order valence-electron chi connectivity index (χ1n) is 9.90. The summed E-state index contributed by atoms with van der Waals surface area (Å²) in [7, 11) is 0. The van der Waals surface area contributed by atoms with Gasteiger partial charge in [0.1, 0.15) is 6.04 Å². The molecule has 1 aliphatic rings. The van der Waals surface area contributed by atoms with Crippen molar-refractivity contribution in [3.05, 3.63) is 100 Å². The largest absolute Gasteiger partial charge is 0.347 e. The monoisotopic (exact) mass is 419 g/mol. The number of carbonyl (C=O) groups is 2. The molecule has 152 valence electrons. The van der Waals surface area contributed by atoms with Gasteiger partial charge in [-0.3, -0.25) is 14.6 Å². The van der Waals surface area contributed by atoms with E-state index in [4.69, 9.17) is 11.6 Å². The van der Waals surface area contributed by atoms with E-state index in [1.54, 1.807) is 29.3 Å². The number of benzene rings is 2. The highest BCUT2D eigenvalue weighted by molar-refractivity contribution is 6.30. The van der Waals surface area contributed by atoms with Crippen molar-refractivity contribution < 1.29 is 9.59 Å². The minimum Gasteiger partial charge on any atom is -0.347 e. The molecule has 4 rings (SSSR count). The highest BCUT2D eigenvalue weighted by atomic mass is 35.5. The van der Waals surface area contributed by atoms with Gasteiger partial charge in [-0.05, 0) is 48.4 Å². The lowest BCUT2D eigenvalue weighted by atomic mass is 10.0. The van der Waals surface area contributed by atoms with E-state index in [-0.39, 0.29) is 17.9 Å². The third kappa shape index (κ3) is 4.07. The molecular formula is C24H22ClN3O2. The standard InChI is InChI=1S/C24H22ClN3O2/c1-16(17-9-11-18(25)12-10-17)27-23(29)22-20-7-2-3-8-21(20)24(30)28(22)15-13-19-6-4-5-14-26-19/h2-12,14,16,22H,13,15H2,1H3,(H,27,29). The van der Waals surface area contributed by atoms with E-state index in [1.807, 2.05) is 55.5 Å². The average Bonchev–Trinajstić information content (AvgIpc) is 3.05. The summed E-state index contributed by atoms with van der Waals surface area (Å²) in [6.45, 7) is 2.33. The molecule has 2 atom stereocenters. The van der Waals surface area contributed by atoms with Crippen molar-refractivity contribution in [2.75, 3.05) is 6.54 Å². The third-order valence-electron chi connectivity index (χ3n) is 5.37. The van der Waals surface area contributed by atoms with E-state index in [9.17, 15) is 9.59 Å². The summed E-state index contributed by atoms with van der Waals surface area (Å²) in [4.78, 5) is 32.3. The molecule has 6 heteroatoms. The number of hydrogen-bond acceptors (Lipinski definition) is 3. The van der Waals surface area contributed by atoms with Gasteiger partial charge in [-0.2, -0.15) is 0 Å². The number of nitrogens with zero attached hydrogens (tertiary/aromatic N) is 2. The number of amides is 2. The molecule has 1 aliphatic heterocycles. The molecule has 0 fully saturated rings. The van der Waals surface area contributed by atoms with Gasteiger partial charge in [0.2, 0.25) is 5.91 Å². The summed E-state index contributed by atoms with van der Waals surface area (Å²) in [5.74, 6) is -0.322. The minimum atomic E-state index is -0.660. The van der Waals surface area contributed by atoms with Crippen molar-refractivity contribution in [2.24, 2.45) is 0 Å². The topological polar surface area (TPSA) is 62.3 Å². The zero-order chi connectivity index (χ0) is 21.1. The molecule has 1 aromatic heterocycles. The second kappa shape index (κ2) is 8.67. The maximum Gasteiger partial charge on any atom is 0.255 e. The van der Waals surface area contributed by atoms with E-state index >= 15 is 0 Å². The van der Waals surface area contributed by atoms with Crippen LogP contribution in [0.5, 0.6) is 0 Å². The van der Waals surface area contributed by atoms with Crippen molar-refractivity contribution in [1.29, 1.82) is 0 Å². The first kappa shape index (κ1) is 20.1. The zero-order valence-corrected chi connectivity index (χ0v) is 17.3. The predicted octanol–water partition coefficient (Wildman–Crippen LogP) is 4.35. The van der Waals surface area contributed by atoms with Gasteiger partial charge in [0, 0.05) is 35.4 Å². The van der Waals surface area contributed by atoms with E-state index in [2.05, 4.69) is 10.3 Å². The van der Waals surface area contributed by atoms with E-state index in [1.165, 1.54) is 0 Å². The molecule has 0 spiro atoms. The van der Waals surface area contributed by atoms with Crippen LogP contribution in [0.2, 0.25) is 5.02 Å². The first-order valence-corrected chi connectivity index (χ1v) is 10.3. The number of pyridine rings is 1. The number of hydrogen-bond donors (Lipinski definition) is 1. The Morgan fingerprint density at radius 2 is 1.83 bits per heavy atom. The van der Waals surface area contributed by atoms with E-state index < -0.39 is 6.04 Å². The second-order valence-corrected chi connectivity index (χ2v) is 7.78. The Balaban J connectivity index is 1.56. The van der Waals surface area contributed by atoms with Crippen LogP contribution in [0.15, 0.2) is 72.9 Å². The summed E-state index contributed by atoms with van der Waals surface area (Å²) < 4.78 is 0. The molecule has 1 N–H and O–H groups in total. The van der Waals surface area contributed by atoms with Gasteiger partial charge >= 0.3 is 0 Å². The maximum absolute atomic E-state index is 13.3. The second-order valence-electron chi connectivity index (χ2n) is 7.34. The molecule has 2 amide bonds. The summed E-state index contributed by atoms with van der Waals surface area (Å²) in [6.07, 6.45) is 2.31. The van der Waals surface area contributed by atoms with E-state index in [0.29, 0.717) is 23.6 Å². The molecule has 2 heterocycles. The number of carbonyl (C=O) groups excluding carboxylic acids is 2. The molecule has 2 aromatic carbocycles. The zero-order valence-electron chi connectivity index (χ0n) is 16.6. The Morgan fingerprint density at radius 3 is 2.57 bits per heavy atom. The lowest BCUT2D eigenvalue weighted by Crippen LogP contribution is -2.41. The van der Waals surface area contributed by atoms with Crippen LogP contribution in [0.3, 0.4) is 0 Å². The molecule has 0 saturated heterocycles. The number of fused-ring (bicyclic) bond motifs is 1.